The van der Waals surface area contributed by atoms with E-state index in [0.29, 0.717) is 18.6 Å². The van der Waals surface area contributed by atoms with E-state index in [2.05, 4.69) is 4.74 Å². The first-order chi connectivity index (χ1) is 14.1. The average molecular weight is 394 g/mol. The molecule has 0 bridgehead atoms. The summed E-state index contributed by atoms with van der Waals surface area (Å²) in [7, 11) is 3.00. The first-order valence-corrected chi connectivity index (χ1v) is 9.30. The van der Waals surface area contributed by atoms with Gasteiger partial charge in [-0.15, -0.1) is 0 Å². The van der Waals surface area contributed by atoms with Crippen LogP contribution in [-0.2, 0) is 22.6 Å². The number of ether oxygens (including phenoxy) is 3. The zero-order valence-corrected chi connectivity index (χ0v) is 16.5. The van der Waals surface area contributed by atoms with E-state index in [9.17, 15) is 9.18 Å². The van der Waals surface area contributed by atoms with Gasteiger partial charge in [0.05, 0.1) is 14.2 Å². The van der Waals surface area contributed by atoms with Crippen LogP contribution in [0.3, 0.4) is 0 Å². The smallest absolute Gasteiger partial charge is 0.305 e. The largest absolute Gasteiger partial charge is 0.497 e. The van der Waals surface area contributed by atoms with E-state index >= 15 is 0 Å². The fourth-order valence-corrected chi connectivity index (χ4v) is 3.00. The lowest BCUT2D eigenvalue weighted by atomic mass is 10.00. The molecule has 4 nitrogen and oxygen atoms in total. The van der Waals surface area contributed by atoms with Gasteiger partial charge >= 0.3 is 5.97 Å². The van der Waals surface area contributed by atoms with Gasteiger partial charge in [0.25, 0.3) is 0 Å². The molecule has 0 aliphatic carbocycles. The van der Waals surface area contributed by atoms with Gasteiger partial charge in [-0.2, -0.15) is 0 Å². The molecule has 0 heterocycles. The second kappa shape index (κ2) is 9.73. The van der Waals surface area contributed by atoms with Crippen LogP contribution in [-0.4, -0.2) is 20.2 Å². The molecule has 0 atom stereocenters. The van der Waals surface area contributed by atoms with Crippen LogP contribution in [0.2, 0.25) is 0 Å². The molecule has 0 amide bonds. The van der Waals surface area contributed by atoms with Crippen LogP contribution in [0.5, 0.6) is 11.5 Å². The number of hydrogen-bond donors (Lipinski definition) is 0. The maximum Gasteiger partial charge on any atom is 0.305 e. The van der Waals surface area contributed by atoms with Crippen molar-refractivity contribution < 1.29 is 23.4 Å². The van der Waals surface area contributed by atoms with E-state index in [1.54, 1.807) is 13.2 Å². The van der Waals surface area contributed by atoms with Gasteiger partial charge in [-0.1, -0.05) is 30.3 Å². The summed E-state index contributed by atoms with van der Waals surface area (Å²) in [6.45, 7) is 0.237. The third-order valence-corrected chi connectivity index (χ3v) is 4.63. The van der Waals surface area contributed by atoms with Crippen molar-refractivity contribution >= 4 is 5.97 Å². The van der Waals surface area contributed by atoms with Gasteiger partial charge < -0.3 is 14.2 Å². The topological polar surface area (TPSA) is 44.8 Å². The highest BCUT2D eigenvalue weighted by Crippen LogP contribution is 2.28. The summed E-state index contributed by atoms with van der Waals surface area (Å²) < 4.78 is 29.5. The number of esters is 1. The molecule has 0 saturated heterocycles. The highest BCUT2D eigenvalue weighted by molar-refractivity contribution is 5.69. The summed E-state index contributed by atoms with van der Waals surface area (Å²) in [6.07, 6.45) is 0.948. The van der Waals surface area contributed by atoms with Crippen molar-refractivity contribution in [3.8, 4) is 22.6 Å². The maximum absolute atomic E-state index is 13.8. The minimum atomic E-state index is -0.306. The van der Waals surface area contributed by atoms with Gasteiger partial charge in [-0.05, 0) is 65.1 Å². The Morgan fingerprint density at radius 2 is 1.59 bits per heavy atom. The highest BCUT2D eigenvalue weighted by Gasteiger charge is 2.09. The zero-order chi connectivity index (χ0) is 20.6. The van der Waals surface area contributed by atoms with Crippen LogP contribution in [0, 0.1) is 5.82 Å². The molecule has 0 N–H and O–H groups in total. The molecule has 0 unspecified atom stereocenters. The van der Waals surface area contributed by atoms with Crippen molar-refractivity contribution in [3.05, 3.63) is 83.7 Å². The monoisotopic (exact) mass is 394 g/mol. The lowest BCUT2D eigenvalue weighted by molar-refractivity contribution is -0.140. The molecule has 0 spiro atoms. The SMILES string of the molecule is COC(=O)CCc1ccc(OCc2cc(F)ccc2-c2ccc(OC)cc2)cc1. The molecule has 3 rings (SSSR count). The Bertz CT molecular complexity index is 950. The van der Waals surface area contributed by atoms with Crippen molar-refractivity contribution in [2.24, 2.45) is 0 Å². The normalized spacial score (nSPS) is 10.4. The number of methoxy groups -OCH3 is 2. The number of benzene rings is 3. The van der Waals surface area contributed by atoms with Gasteiger partial charge in [0.2, 0.25) is 0 Å². The van der Waals surface area contributed by atoms with Crippen LogP contribution in [0.25, 0.3) is 11.1 Å². The summed E-state index contributed by atoms with van der Waals surface area (Å²) in [5.74, 6) is 0.902. The van der Waals surface area contributed by atoms with Crippen LogP contribution >= 0.6 is 0 Å². The summed E-state index contributed by atoms with van der Waals surface area (Å²) >= 11 is 0. The van der Waals surface area contributed by atoms with Crippen molar-refractivity contribution in [1.29, 1.82) is 0 Å². The Morgan fingerprint density at radius 3 is 2.24 bits per heavy atom. The lowest BCUT2D eigenvalue weighted by Crippen LogP contribution is -2.02. The molecule has 150 valence electrons. The van der Waals surface area contributed by atoms with Crippen molar-refractivity contribution in [2.75, 3.05) is 14.2 Å². The van der Waals surface area contributed by atoms with Crippen LogP contribution in [0.1, 0.15) is 17.5 Å². The molecule has 5 heteroatoms. The second-order valence-electron chi connectivity index (χ2n) is 6.54. The Morgan fingerprint density at radius 1 is 0.897 bits per heavy atom. The zero-order valence-electron chi connectivity index (χ0n) is 16.5. The molecule has 0 aliphatic heterocycles. The number of hydrogen-bond acceptors (Lipinski definition) is 4. The first kappa shape index (κ1) is 20.4. The quantitative estimate of drug-likeness (QED) is 0.494. The Kier molecular flexibility index (Phi) is 6.85. The van der Waals surface area contributed by atoms with Gasteiger partial charge in [0, 0.05) is 6.42 Å². The van der Waals surface area contributed by atoms with Crippen molar-refractivity contribution in [2.45, 2.75) is 19.4 Å². The van der Waals surface area contributed by atoms with E-state index < -0.39 is 0 Å². The molecule has 0 radical (unpaired) electrons. The summed E-state index contributed by atoms with van der Waals surface area (Å²) in [5.41, 5.74) is 3.64. The van der Waals surface area contributed by atoms with Crippen molar-refractivity contribution in [3.63, 3.8) is 0 Å². The standard InChI is InChI=1S/C24H23FO4/c1-27-21-11-6-18(7-12-21)23-13-8-20(25)15-19(23)16-29-22-9-3-17(4-10-22)5-14-24(26)28-2/h3-4,6-13,15H,5,14,16H2,1-2H3. The third-order valence-electron chi connectivity index (χ3n) is 4.63. The minimum Gasteiger partial charge on any atom is -0.497 e. The van der Waals surface area contributed by atoms with E-state index in [-0.39, 0.29) is 18.4 Å². The molecule has 0 aliphatic rings. The van der Waals surface area contributed by atoms with Gasteiger partial charge in [0.15, 0.2) is 0 Å². The molecule has 3 aromatic carbocycles. The average Bonchev–Trinajstić information content (AvgIpc) is 2.77. The predicted octanol–water partition coefficient (Wildman–Crippen LogP) is 5.19. The predicted molar refractivity (Wildman–Crippen MR) is 109 cm³/mol. The summed E-state index contributed by atoms with van der Waals surface area (Å²) in [4.78, 5) is 11.2. The molecular formula is C24H23FO4. The number of aryl methyl sites for hydroxylation is 1. The summed E-state index contributed by atoms with van der Waals surface area (Å²) in [6, 6.07) is 19.8. The molecule has 3 aromatic rings. The number of carbonyl (C=O) groups excluding carboxylic acids is 1. The van der Waals surface area contributed by atoms with Crippen LogP contribution in [0.4, 0.5) is 4.39 Å². The number of halogens is 1. The maximum atomic E-state index is 13.8. The van der Waals surface area contributed by atoms with Gasteiger partial charge in [0.1, 0.15) is 23.9 Å². The summed E-state index contributed by atoms with van der Waals surface area (Å²) in [5, 5.41) is 0. The minimum absolute atomic E-state index is 0.234. The van der Waals surface area contributed by atoms with E-state index in [1.807, 2.05) is 48.5 Å². The molecule has 0 saturated carbocycles. The van der Waals surface area contributed by atoms with E-state index in [4.69, 9.17) is 9.47 Å². The molecule has 29 heavy (non-hydrogen) atoms. The fraction of sp³-hybridized carbons (Fsp3) is 0.208. The third kappa shape index (κ3) is 5.57. The van der Waals surface area contributed by atoms with Crippen molar-refractivity contribution in [1.82, 2.24) is 0 Å². The Hall–Kier alpha value is -3.34. The van der Waals surface area contributed by atoms with Gasteiger partial charge in [-0.3, -0.25) is 4.79 Å². The lowest BCUT2D eigenvalue weighted by Gasteiger charge is -2.13. The molecule has 0 fully saturated rings. The second-order valence-corrected chi connectivity index (χ2v) is 6.54. The van der Waals surface area contributed by atoms with Crippen LogP contribution in [0.15, 0.2) is 66.7 Å². The Balaban J connectivity index is 1.70. The fourth-order valence-electron chi connectivity index (χ4n) is 3.00. The number of carbonyl (C=O) groups is 1. The van der Waals surface area contributed by atoms with Crippen LogP contribution < -0.4 is 9.47 Å². The van der Waals surface area contributed by atoms with Gasteiger partial charge in [-0.25, -0.2) is 4.39 Å². The Labute approximate surface area is 169 Å². The first-order valence-electron chi connectivity index (χ1n) is 9.30. The number of rotatable bonds is 8. The molecular weight excluding hydrogens is 371 g/mol. The van der Waals surface area contributed by atoms with E-state index in [1.165, 1.54) is 19.2 Å². The van der Waals surface area contributed by atoms with E-state index in [0.717, 1.165) is 28.0 Å². The highest BCUT2D eigenvalue weighted by atomic mass is 19.1. The molecule has 0 aromatic heterocycles.